The summed E-state index contributed by atoms with van der Waals surface area (Å²) in [6, 6.07) is 7.98. The molecular weight excluding hydrogens is 326 g/mol. The molecule has 0 heterocycles. The number of hydrogen-bond acceptors (Lipinski definition) is 6. The van der Waals surface area contributed by atoms with Crippen molar-refractivity contribution in [1.29, 1.82) is 0 Å². The molecule has 0 fully saturated rings. The van der Waals surface area contributed by atoms with Gasteiger partial charge in [-0.25, -0.2) is 0 Å². The molecule has 0 amide bonds. The van der Waals surface area contributed by atoms with Crippen LogP contribution >= 0.6 is 0 Å². The monoisotopic (exact) mass is 345 g/mol. The van der Waals surface area contributed by atoms with Gasteiger partial charge in [-0.05, 0) is 41.5 Å². The number of hydrogen-bond donors (Lipinski definition) is 2. The molecule has 2 rings (SSSR count). The first kappa shape index (κ1) is 18.4. The molecule has 2 aromatic rings. The lowest BCUT2D eigenvalue weighted by Crippen LogP contribution is -1.99. The number of methoxy groups -OCH3 is 2. The minimum atomic E-state index is -0.475. The van der Waals surface area contributed by atoms with Crippen LogP contribution in [0.25, 0.3) is 12.2 Å². The molecule has 7 nitrogen and oxygen atoms in total. The van der Waals surface area contributed by atoms with Crippen LogP contribution in [0.4, 0.5) is 5.69 Å². The van der Waals surface area contributed by atoms with Gasteiger partial charge in [-0.2, -0.15) is 0 Å². The van der Waals surface area contributed by atoms with Gasteiger partial charge >= 0.3 is 0 Å². The summed E-state index contributed by atoms with van der Waals surface area (Å²) >= 11 is 0. The topological polar surface area (TPSA) is 102 Å². The van der Waals surface area contributed by atoms with Gasteiger partial charge in [0.1, 0.15) is 11.5 Å². The standard InChI is InChI=1S/C18H19NO6/c1-24-15-6-5-13(17(9-15)19(22)23)4-3-12-7-14(10-20)16(11-21)18(8-12)25-2/h3-9,20-21H,10-11H2,1-2H3. The highest BCUT2D eigenvalue weighted by atomic mass is 16.6. The zero-order valence-electron chi connectivity index (χ0n) is 13.9. The summed E-state index contributed by atoms with van der Waals surface area (Å²) in [6.07, 6.45) is 3.28. The van der Waals surface area contributed by atoms with Gasteiger partial charge in [0, 0.05) is 5.56 Å². The maximum absolute atomic E-state index is 11.2. The van der Waals surface area contributed by atoms with Crippen molar-refractivity contribution in [3.8, 4) is 11.5 Å². The number of benzene rings is 2. The predicted molar refractivity (Wildman–Crippen MR) is 93.4 cm³/mol. The van der Waals surface area contributed by atoms with Crippen molar-refractivity contribution in [3.63, 3.8) is 0 Å². The summed E-state index contributed by atoms with van der Waals surface area (Å²) < 4.78 is 10.2. The highest BCUT2D eigenvalue weighted by Crippen LogP contribution is 2.29. The molecule has 0 unspecified atom stereocenters. The molecule has 0 radical (unpaired) electrons. The molecular formula is C18H19NO6. The van der Waals surface area contributed by atoms with Gasteiger partial charge in [-0.3, -0.25) is 10.1 Å². The molecule has 0 aromatic heterocycles. The Bertz CT molecular complexity index is 775. The van der Waals surface area contributed by atoms with Crippen LogP contribution in [-0.2, 0) is 13.2 Å². The van der Waals surface area contributed by atoms with Crippen molar-refractivity contribution in [2.45, 2.75) is 13.2 Å². The van der Waals surface area contributed by atoms with Gasteiger partial charge in [-0.1, -0.05) is 6.08 Å². The Kier molecular flexibility index (Phi) is 6.10. The van der Waals surface area contributed by atoms with Crippen molar-refractivity contribution in [2.75, 3.05) is 14.2 Å². The van der Waals surface area contributed by atoms with E-state index in [9.17, 15) is 20.3 Å². The van der Waals surface area contributed by atoms with Gasteiger partial charge in [0.05, 0.1) is 44.0 Å². The van der Waals surface area contributed by atoms with E-state index in [0.29, 0.717) is 33.8 Å². The third-order valence-electron chi connectivity index (χ3n) is 3.76. The van der Waals surface area contributed by atoms with Crippen LogP contribution in [0.5, 0.6) is 11.5 Å². The maximum Gasteiger partial charge on any atom is 0.280 e. The molecule has 2 aromatic carbocycles. The average Bonchev–Trinajstić information content (AvgIpc) is 2.64. The summed E-state index contributed by atoms with van der Waals surface area (Å²) in [6.45, 7) is -0.510. The first-order valence-electron chi connectivity index (χ1n) is 7.46. The lowest BCUT2D eigenvalue weighted by molar-refractivity contribution is -0.385. The lowest BCUT2D eigenvalue weighted by atomic mass is 10.0. The minimum absolute atomic E-state index is 0.0723. The molecule has 2 N–H and O–H groups in total. The van der Waals surface area contributed by atoms with Crippen LogP contribution in [0.1, 0.15) is 22.3 Å². The third kappa shape index (κ3) is 4.14. The predicted octanol–water partition coefficient (Wildman–Crippen LogP) is 2.77. The number of nitro groups is 1. The van der Waals surface area contributed by atoms with Crippen molar-refractivity contribution in [2.24, 2.45) is 0 Å². The quantitative estimate of drug-likeness (QED) is 0.454. The van der Waals surface area contributed by atoms with Crippen LogP contribution in [0.2, 0.25) is 0 Å². The first-order chi connectivity index (χ1) is 12.0. The molecule has 0 spiro atoms. The van der Waals surface area contributed by atoms with E-state index in [-0.39, 0.29) is 18.9 Å². The Morgan fingerprint density at radius 2 is 1.84 bits per heavy atom. The van der Waals surface area contributed by atoms with Crippen LogP contribution in [-0.4, -0.2) is 29.4 Å². The second kappa shape index (κ2) is 8.27. The van der Waals surface area contributed by atoms with Gasteiger partial charge in [0.2, 0.25) is 0 Å². The zero-order valence-corrected chi connectivity index (χ0v) is 13.9. The largest absolute Gasteiger partial charge is 0.497 e. The highest BCUT2D eigenvalue weighted by molar-refractivity contribution is 5.75. The Hall–Kier alpha value is -2.90. The van der Waals surface area contributed by atoms with Crippen molar-refractivity contribution >= 4 is 17.8 Å². The number of nitro benzene ring substituents is 1. The number of aliphatic hydroxyl groups excluding tert-OH is 2. The number of aliphatic hydroxyl groups is 2. The van der Waals surface area contributed by atoms with Crippen molar-refractivity contribution in [3.05, 3.63) is 62.7 Å². The summed E-state index contributed by atoms with van der Waals surface area (Å²) in [5.41, 5.74) is 2.07. The fraction of sp³-hybridized carbons (Fsp3) is 0.222. The van der Waals surface area contributed by atoms with Gasteiger partial charge in [-0.15, -0.1) is 0 Å². The van der Waals surface area contributed by atoms with Crippen molar-refractivity contribution < 1.29 is 24.6 Å². The van der Waals surface area contributed by atoms with E-state index >= 15 is 0 Å². The van der Waals surface area contributed by atoms with Crippen LogP contribution < -0.4 is 9.47 Å². The van der Waals surface area contributed by atoms with Crippen molar-refractivity contribution in [1.82, 2.24) is 0 Å². The second-order valence-corrected chi connectivity index (χ2v) is 5.19. The molecule has 7 heteroatoms. The van der Waals surface area contributed by atoms with E-state index in [1.807, 2.05) is 0 Å². The third-order valence-corrected chi connectivity index (χ3v) is 3.76. The molecule has 25 heavy (non-hydrogen) atoms. The molecule has 0 aliphatic carbocycles. The van der Waals surface area contributed by atoms with E-state index in [1.165, 1.54) is 20.3 Å². The fourth-order valence-electron chi connectivity index (χ4n) is 2.46. The first-order valence-corrected chi connectivity index (χ1v) is 7.46. The Morgan fingerprint density at radius 3 is 2.40 bits per heavy atom. The average molecular weight is 345 g/mol. The van der Waals surface area contributed by atoms with E-state index in [1.54, 1.807) is 36.4 Å². The van der Waals surface area contributed by atoms with E-state index in [2.05, 4.69) is 0 Å². The zero-order chi connectivity index (χ0) is 18.4. The lowest BCUT2D eigenvalue weighted by Gasteiger charge is -2.12. The van der Waals surface area contributed by atoms with Crippen LogP contribution in [0.15, 0.2) is 30.3 Å². The molecule has 0 aliphatic rings. The number of nitrogens with zero attached hydrogens (tertiary/aromatic N) is 1. The normalized spacial score (nSPS) is 10.9. The van der Waals surface area contributed by atoms with Gasteiger partial charge < -0.3 is 19.7 Å². The summed E-state index contributed by atoms with van der Waals surface area (Å²) in [4.78, 5) is 10.7. The Morgan fingerprint density at radius 1 is 1.08 bits per heavy atom. The molecule has 0 saturated heterocycles. The molecule has 0 saturated carbocycles. The highest BCUT2D eigenvalue weighted by Gasteiger charge is 2.13. The van der Waals surface area contributed by atoms with Gasteiger partial charge in [0.25, 0.3) is 5.69 Å². The van der Waals surface area contributed by atoms with E-state index in [0.717, 1.165) is 0 Å². The van der Waals surface area contributed by atoms with Gasteiger partial charge in [0.15, 0.2) is 0 Å². The smallest absolute Gasteiger partial charge is 0.280 e. The van der Waals surface area contributed by atoms with E-state index < -0.39 is 4.92 Å². The summed E-state index contributed by atoms with van der Waals surface area (Å²) in [7, 11) is 2.91. The minimum Gasteiger partial charge on any atom is -0.497 e. The van der Waals surface area contributed by atoms with Crippen LogP contribution in [0, 0.1) is 10.1 Å². The van der Waals surface area contributed by atoms with E-state index in [4.69, 9.17) is 9.47 Å². The Balaban J connectivity index is 2.44. The summed E-state index contributed by atoms with van der Waals surface area (Å²) in [5.74, 6) is 0.846. The number of rotatable bonds is 7. The number of ether oxygens (including phenoxy) is 2. The summed E-state index contributed by atoms with van der Waals surface area (Å²) in [5, 5.41) is 30.1. The Labute approximate surface area is 144 Å². The second-order valence-electron chi connectivity index (χ2n) is 5.19. The fourth-order valence-corrected chi connectivity index (χ4v) is 2.46. The molecule has 0 aliphatic heterocycles. The van der Waals surface area contributed by atoms with Crippen LogP contribution in [0.3, 0.4) is 0 Å². The molecule has 0 atom stereocenters. The SMILES string of the molecule is COc1ccc(C=Cc2cc(CO)c(CO)c(OC)c2)c([N+](=O)[O-])c1. The maximum atomic E-state index is 11.2. The molecule has 0 bridgehead atoms. The molecule has 132 valence electrons.